The molecule has 0 bridgehead atoms. The summed E-state index contributed by atoms with van der Waals surface area (Å²) in [4.78, 5) is 40.6. The number of methoxy groups -OCH3 is 1. The van der Waals surface area contributed by atoms with Gasteiger partial charge in [-0.2, -0.15) is 0 Å². The van der Waals surface area contributed by atoms with E-state index in [9.17, 15) is 14.4 Å². The fraction of sp³-hybridized carbons (Fsp3) is 0.500. The van der Waals surface area contributed by atoms with Crippen molar-refractivity contribution in [3.63, 3.8) is 0 Å². The molecule has 1 aromatic heterocycles. The van der Waals surface area contributed by atoms with Crippen molar-refractivity contribution in [2.75, 3.05) is 20.2 Å². The number of nitrogens with zero attached hydrogens (tertiary/aromatic N) is 2. The van der Waals surface area contributed by atoms with Gasteiger partial charge >= 0.3 is 5.97 Å². The first-order valence-corrected chi connectivity index (χ1v) is 11.3. The van der Waals surface area contributed by atoms with E-state index in [1.165, 1.54) is 7.11 Å². The lowest BCUT2D eigenvalue weighted by Crippen LogP contribution is -2.37. The number of carbonyl (C=O) groups is 3. The first-order valence-electron chi connectivity index (χ1n) is 11.3. The molecular formula is C26H36N2O4. The van der Waals surface area contributed by atoms with E-state index in [0.29, 0.717) is 41.4 Å². The van der Waals surface area contributed by atoms with E-state index in [4.69, 9.17) is 4.74 Å². The molecule has 0 aliphatic heterocycles. The average molecular weight is 441 g/mol. The molecule has 0 aliphatic rings. The average Bonchev–Trinajstić information content (AvgIpc) is 3.04. The highest BCUT2D eigenvalue weighted by Gasteiger charge is 2.28. The van der Waals surface area contributed by atoms with Crippen LogP contribution in [-0.4, -0.2) is 47.3 Å². The maximum Gasteiger partial charge on any atom is 0.354 e. The molecule has 0 atom stereocenters. The van der Waals surface area contributed by atoms with Crippen molar-refractivity contribution in [2.24, 2.45) is 5.92 Å². The maximum absolute atomic E-state index is 13.4. The molecule has 0 spiro atoms. The van der Waals surface area contributed by atoms with Crippen LogP contribution in [0.1, 0.15) is 82.1 Å². The molecule has 174 valence electrons. The zero-order valence-corrected chi connectivity index (χ0v) is 20.4. The summed E-state index contributed by atoms with van der Waals surface area (Å²) in [6.07, 6.45) is 1.70. The number of rotatable bonds is 10. The number of ketones is 1. The number of ether oxygens (including phenoxy) is 1. The van der Waals surface area contributed by atoms with Crippen molar-refractivity contribution in [1.29, 1.82) is 0 Å². The molecule has 32 heavy (non-hydrogen) atoms. The number of aryl methyl sites for hydroxylation is 1. The minimum atomic E-state index is -0.463. The van der Waals surface area contributed by atoms with E-state index in [-0.39, 0.29) is 18.2 Å². The normalized spacial score (nSPS) is 11.0. The van der Waals surface area contributed by atoms with Crippen LogP contribution in [0.3, 0.4) is 0 Å². The summed E-state index contributed by atoms with van der Waals surface area (Å²) in [6, 6.07) is 7.56. The molecule has 0 N–H and O–H groups in total. The number of benzene rings is 1. The van der Waals surface area contributed by atoms with Crippen LogP contribution < -0.4 is 0 Å². The van der Waals surface area contributed by atoms with Crippen LogP contribution >= 0.6 is 0 Å². The molecule has 1 amide bonds. The monoisotopic (exact) mass is 440 g/mol. The van der Waals surface area contributed by atoms with Gasteiger partial charge in [-0.3, -0.25) is 9.59 Å². The number of carbonyl (C=O) groups excluding carboxylic acids is 3. The summed E-state index contributed by atoms with van der Waals surface area (Å²) < 4.78 is 6.74. The second kappa shape index (κ2) is 11.1. The Morgan fingerprint density at radius 2 is 1.69 bits per heavy atom. The van der Waals surface area contributed by atoms with E-state index in [0.717, 1.165) is 24.1 Å². The zero-order chi connectivity index (χ0) is 24.0. The Bertz CT molecular complexity index is 971. The third-order valence-corrected chi connectivity index (χ3v) is 5.95. The van der Waals surface area contributed by atoms with Crippen LogP contribution in [-0.2, 0) is 17.7 Å². The Hall–Kier alpha value is -2.89. The molecule has 0 radical (unpaired) electrons. The summed E-state index contributed by atoms with van der Waals surface area (Å²) >= 11 is 0. The molecule has 0 unspecified atom stereocenters. The summed E-state index contributed by atoms with van der Waals surface area (Å²) in [5.41, 5.74) is 3.95. The third kappa shape index (κ3) is 5.47. The molecule has 2 aromatic rings. The molecule has 1 heterocycles. The van der Waals surface area contributed by atoms with Crippen LogP contribution in [0.25, 0.3) is 0 Å². The molecule has 0 saturated carbocycles. The number of aromatic nitrogens is 1. The highest BCUT2D eigenvalue weighted by Crippen LogP contribution is 2.24. The predicted octanol–water partition coefficient (Wildman–Crippen LogP) is 4.85. The Morgan fingerprint density at radius 3 is 2.19 bits per heavy atom. The molecule has 2 rings (SSSR count). The van der Waals surface area contributed by atoms with Gasteiger partial charge < -0.3 is 14.2 Å². The summed E-state index contributed by atoms with van der Waals surface area (Å²) in [6.45, 7) is 12.8. The number of hydrogen-bond acceptors (Lipinski definition) is 4. The first kappa shape index (κ1) is 25.4. The molecular weight excluding hydrogens is 404 g/mol. The van der Waals surface area contributed by atoms with Gasteiger partial charge in [-0.15, -0.1) is 0 Å². The standard InChI is InChI=1S/C26H36N2O4/c1-8-20-10-12-21(13-11-20)25(30)27(15-14-17(3)4)16-22(29)23-18(5)24(26(31)32-7)28(9-2)19(23)6/h10-13,17H,8-9,14-16H2,1-7H3. The first-order chi connectivity index (χ1) is 15.2. The molecule has 6 heteroatoms. The van der Waals surface area contributed by atoms with Gasteiger partial charge in [-0.05, 0) is 62.8 Å². The largest absolute Gasteiger partial charge is 0.464 e. The van der Waals surface area contributed by atoms with Crippen LogP contribution in [0.5, 0.6) is 0 Å². The van der Waals surface area contributed by atoms with E-state index in [1.54, 1.807) is 16.4 Å². The third-order valence-electron chi connectivity index (χ3n) is 5.95. The van der Waals surface area contributed by atoms with Gasteiger partial charge in [0.2, 0.25) is 0 Å². The van der Waals surface area contributed by atoms with Gasteiger partial charge in [0.25, 0.3) is 5.91 Å². The second-order valence-corrected chi connectivity index (χ2v) is 8.55. The zero-order valence-electron chi connectivity index (χ0n) is 20.4. The van der Waals surface area contributed by atoms with Gasteiger partial charge in [-0.1, -0.05) is 32.9 Å². The minimum absolute atomic E-state index is 0.0307. The van der Waals surface area contributed by atoms with Crippen molar-refractivity contribution >= 4 is 17.7 Å². The van der Waals surface area contributed by atoms with Crippen molar-refractivity contribution in [3.8, 4) is 0 Å². The van der Waals surface area contributed by atoms with E-state index in [2.05, 4.69) is 20.8 Å². The predicted molar refractivity (Wildman–Crippen MR) is 126 cm³/mol. The summed E-state index contributed by atoms with van der Waals surface area (Å²) in [5, 5.41) is 0. The lowest BCUT2D eigenvalue weighted by molar-refractivity contribution is 0.0587. The minimum Gasteiger partial charge on any atom is -0.464 e. The van der Waals surface area contributed by atoms with Gasteiger partial charge in [-0.25, -0.2) is 4.79 Å². The summed E-state index contributed by atoms with van der Waals surface area (Å²) in [5.74, 6) is -0.381. The lowest BCUT2D eigenvalue weighted by Gasteiger charge is -2.23. The Morgan fingerprint density at radius 1 is 1.06 bits per heavy atom. The molecule has 1 aromatic carbocycles. The fourth-order valence-electron chi connectivity index (χ4n) is 4.05. The highest BCUT2D eigenvalue weighted by atomic mass is 16.5. The SMILES string of the molecule is CCc1ccc(C(=O)N(CCC(C)C)CC(=O)c2c(C)c(C(=O)OC)n(CC)c2C)cc1. The van der Waals surface area contributed by atoms with Crippen molar-refractivity contribution in [3.05, 3.63) is 57.9 Å². The smallest absolute Gasteiger partial charge is 0.354 e. The molecule has 6 nitrogen and oxygen atoms in total. The van der Waals surface area contributed by atoms with Crippen LogP contribution in [0.15, 0.2) is 24.3 Å². The van der Waals surface area contributed by atoms with Gasteiger partial charge in [0.05, 0.1) is 13.7 Å². The van der Waals surface area contributed by atoms with Crippen LogP contribution in [0, 0.1) is 19.8 Å². The highest BCUT2D eigenvalue weighted by molar-refractivity contribution is 6.06. The maximum atomic E-state index is 13.4. The quantitative estimate of drug-likeness (QED) is 0.391. The molecule has 0 saturated heterocycles. The fourth-order valence-corrected chi connectivity index (χ4v) is 4.05. The number of amides is 1. The summed E-state index contributed by atoms with van der Waals surface area (Å²) in [7, 11) is 1.34. The topological polar surface area (TPSA) is 68.6 Å². The number of esters is 1. The van der Waals surface area contributed by atoms with E-state index in [1.807, 2.05) is 38.1 Å². The Labute approximate surface area is 191 Å². The molecule has 0 aliphatic carbocycles. The van der Waals surface area contributed by atoms with Crippen LogP contribution in [0.2, 0.25) is 0 Å². The van der Waals surface area contributed by atoms with Crippen molar-refractivity contribution < 1.29 is 19.1 Å². The van der Waals surface area contributed by atoms with Gasteiger partial charge in [0.1, 0.15) is 5.69 Å². The van der Waals surface area contributed by atoms with E-state index < -0.39 is 5.97 Å². The van der Waals surface area contributed by atoms with E-state index >= 15 is 0 Å². The van der Waals surface area contributed by atoms with Crippen molar-refractivity contribution in [2.45, 2.75) is 60.9 Å². The van der Waals surface area contributed by atoms with Gasteiger partial charge in [0.15, 0.2) is 5.78 Å². The van der Waals surface area contributed by atoms with Gasteiger partial charge in [0, 0.05) is 29.9 Å². The van der Waals surface area contributed by atoms with Crippen molar-refractivity contribution in [1.82, 2.24) is 9.47 Å². The number of hydrogen-bond donors (Lipinski definition) is 0. The number of Topliss-reactive ketones (excluding diaryl/α,β-unsaturated/α-hetero) is 1. The Balaban J connectivity index is 2.39. The van der Waals surface area contributed by atoms with Crippen LogP contribution in [0.4, 0.5) is 0 Å². The second-order valence-electron chi connectivity index (χ2n) is 8.55. The molecule has 0 fully saturated rings. The Kier molecular flexibility index (Phi) is 8.81. The lowest BCUT2D eigenvalue weighted by atomic mass is 10.0.